The van der Waals surface area contributed by atoms with Crippen LogP contribution in [0.2, 0.25) is 0 Å². The highest BCUT2D eigenvalue weighted by Gasteiger charge is 2.34. The molecule has 31 heavy (non-hydrogen) atoms. The van der Waals surface area contributed by atoms with Gasteiger partial charge in [0.05, 0.1) is 11.4 Å². The zero-order chi connectivity index (χ0) is 22.3. The quantitative estimate of drug-likeness (QED) is 0.568. The van der Waals surface area contributed by atoms with Crippen molar-refractivity contribution in [2.45, 2.75) is 32.2 Å². The molecule has 0 atom stereocenters. The third-order valence-corrected chi connectivity index (χ3v) is 7.76. The van der Waals surface area contributed by atoms with Gasteiger partial charge in [0.1, 0.15) is 16.0 Å². The summed E-state index contributed by atoms with van der Waals surface area (Å²) in [6.45, 7) is 6.57. The zero-order valence-corrected chi connectivity index (χ0v) is 18.5. The molecule has 0 aliphatic carbocycles. The predicted molar refractivity (Wildman–Crippen MR) is 115 cm³/mol. The normalized spacial score (nSPS) is 15.5. The summed E-state index contributed by atoms with van der Waals surface area (Å²) in [7, 11) is -3.73. The van der Waals surface area contributed by atoms with Crippen molar-refractivity contribution in [2.75, 3.05) is 26.2 Å². The third kappa shape index (κ3) is 3.66. The van der Waals surface area contributed by atoms with Crippen LogP contribution in [0.3, 0.4) is 0 Å². The Morgan fingerprint density at radius 3 is 2.45 bits per heavy atom. The maximum atomic E-state index is 13.2. The van der Waals surface area contributed by atoms with Gasteiger partial charge >= 0.3 is 5.63 Å². The molecule has 0 N–H and O–H groups in total. The maximum Gasteiger partial charge on any atom is 0.349 e. The van der Waals surface area contributed by atoms with Crippen LogP contribution in [0.25, 0.3) is 11.0 Å². The van der Waals surface area contributed by atoms with E-state index in [-0.39, 0.29) is 36.6 Å². The van der Waals surface area contributed by atoms with Gasteiger partial charge in [0, 0.05) is 38.1 Å². The van der Waals surface area contributed by atoms with Crippen LogP contribution in [-0.4, -0.2) is 59.5 Å². The molecule has 0 saturated carbocycles. The van der Waals surface area contributed by atoms with Crippen molar-refractivity contribution in [1.82, 2.24) is 19.0 Å². The fourth-order valence-corrected chi connectivity index (χ4v) is 5.80. The van der Waals surface area contributed by atoms with E-state index >= 15 is 0 Å². The predicted octanol–water partition coefficient (Wildman–Crippen LogP) is 1.77. The number of carbonyl (C=O) groups is 1. The molecule has 10 heteroatoms. The van der Waals surface area contributed by atoms with Gasteiger partial charge in [-0.05, 0) is 32.9 Å². The van der Waals surface area contributed by atoms with Gasteiger partial charge in [-0.3, -0.25) is 9.48 Å². The number of para-hydroxylation sites is 1. The van der Waals surface area contributed by atoms with Gasteiger partial charge in [-0.25, -0.2) is 13.2 Å². The monoisotopic (exact) mass is 444 g/mol. The molecule has 3 aromatic rings. The number of aryl methyl sites for hydroxylation is 2. The Kier molecular flexibility index (Phi) is 5.44. The van der Waals surface area contributed by atoms with Gasteiger partial charge in [0.15, 0.2) is 0 Å². The minimum absolute atomic E-state index is 0.0501. The number of hydrogen-bond donors (Lipinski definition) is 0. The molecule has 9 nitrogen and oxygen atoms in total. The number of sulfonamides is 1. The van der Waals surface area contributed by atoms with Gasteiger partial charge in [-0.15, -0.1) is 0 Å². The maximum absolute atomic E-state index is 13.2. The molecule has 1 aliphatic rings. The molecule has 164 valence electrons. The lowest BCUT2D eigenvalue weighted by molar-refractivity contribution is 0.0693. The summed E-state index contributed by atoms with van der Waals surface area (Å²) in [5.41, 5.74) is 0.736. The first kappa shape index (κ1) is 21.3. The average Bonchev–Trinajstić information content (AvgIpc) is 3.06. The SMILES string of the molecule is CCn1nc(C)c(S(=O)(=O)N2CCN(C(=O)c3cc4ccccc4oc3=O)CC2)c1C. The molecule has 2 aromatic heterocycles. The lowest BCUT2D eigenvalue weighted by atomic mass is 10.1. The van der Waals surface area contributed by atoms with E-state index in [2.05, 4.69) is 5.10 Å². The Hall–Kier alpha value is -2.98. The van der Waals surface area contributed by atoms with Crippen molar-refractivity contribution < 1.29 is 17.6 Å². The standard InChI is InChI=1S/C21H24N4O5S/c1-4-25-15(3)19(14(2)22-25)31(28,29)24-11-9-23(10-12-24)20(26)17-13-16-7-5-6-8-18(16)30-21(17)27/h5-8,13H,4,9-12H2,1-3H3. The van der Waals surface area contributed by atoms with Crippen LogP contribution in [0, 0.1) is 13.8 Å². The van der Waals surface area contributed by atoms with Crippen LogP contribution in [0.15, 0.2) is 44.4 Å². The summed E-state index contributed by atoms with van der Waals surface area (Å²) < 4.78 is 34.7. The molecule has 0 radical (unpaired) electrons. The molecule has 0 unspecified atom stereocenters. The topological polar surface area (TPSA) is 106 Å². The fourth-order valence-electron chi connectivity index (χ4n) is 4.00. The Bertz CT molecular complexity index is 1320. The Morgan fingerprint density at radius 2 is 1.81 bits per heavy atom. The van der Waals surface area contributed by atoms with Crippen LogP contribution in [0.1, 0.15) is 28.7 Å². The van der Waals surface area contributed by atoms with E-state index in [1.165, 1.54) is 15.3 Å². The Labute approximate surface area is 179 Å². The van der Waals surface area contributed by atoms with Crippen LogP contribution in [0.4, 0.5) is 0 Å². The summed E-state index contributed by atoms with van der Waals surface area (Å²) >= 11 is 0. The number of benzene rings is 1. The molecular formula is C21H24N4O5S. The van der Waals surface area contributed by atoms with Crippen LogP contribution >= 0.6 is 0 Å². The lowest BCUT2D eigenvalue weighted by Crippen LogP contribution is -2.51. The molecule has 1 saturated heterocycles. The van der Waals surface area contributed by atoms with Crippen molar-refractivity contribution in [3.63, 3.8) is 0 Å². The van der Waals surface area contributed by atoms with Gasteiger partial charge in [-0.2, -0.15) is 9.40 Å². The summed E-state index contributed by atoms with van der Waals surface area (Å²) in [5.74, 6) is -0.456. The van der Waals surface area contributed by atoms with Gasteiger partial charge in [0.25, 0.3) is 5.91 Å². The number of nitrogens with zero attached hydrogens (tertiary/aromatic N) is 4. The Balaban J connectivity index is 1.54. The first-order valence-electron chi connectivity index (χ1n) is 10.1. The molecular weight excluding hydrogens is 420 g/mol. The second-order valence-corrected chi connectivity index (χ2v) is 9.37. The van der Waals surface area contributed by atoms with E-state index in [0.717, 1.165) is 0 Å². The summed E-state index contributed by atoms with van der Waals surface area (Å²) in [5, 5.41) is 4.97. The number of rotatable bonds is 4. The van der Waals surface area contributed by atoms with Crippen LogP contribution in [0.5, 0.6) is 0 Å². The Morgan fingerprint density at radius 1 is 1.13 bits per heavy atom. The highest BCUT2D eigenvalue weighted by Crippen LogP contribution is 2.25. The number of hydrogen-bond acceptors (Lipinski definition) is 6. The van der Waals surface area contributed by atoms with Crippen LogP contribution < -0.4 is 5.63 Å². The zero-order valence-electron chi connectivity index (χ0n) is 17.7. The van der Waals surface area contributed by atoms with Crippen molar-refractivity contribution in [3.8, 4) is 0 Å². The van der Waals surface area contributed by atoms with Crippen molar-refractivity contribution in [1.29, 1.82) is 0 Å². The molecule has 1 amide bonds. The van der Waals surface area contributed by atoms with Crippen molar-refractivity contribution in [2.24, 2.45) is 0 Å². The number of fused-ring (bicyclic) bond motifs is 1. The highest BCUT2D eigenvalue weighted by molar-refractivity contribution is 7.89. The second kappa shape index (κ2) is 7.93. The molecule has 0 bridgehead atoms. The van der Waals surface area contributed by atoms with Crippen LogP contribution in [-0.2, 0) is 16.6 Å². The minimum Gasteiger partial charge on any atom is -0.422 e. The van der Waals surface area contributed by atoms with E-state index in [0.29, 0.717) is 28.9 Å². The van der Waals surface area contributed by atoms with Gasteiger partial charge in [-0.1, -0.05) is 18.2 Å². The molecule has 1 aliphatic heterocycles. The molecule has 3 heterocycles. The summed E-state index contributed by atoms with van der Waals surface area (Å²) in [4.78, 5) is 26.9. The largest absolute Gasteiger partial charge is 0.422 e. The van der Waals surface area contributed by atoms with E-state index in [1.54, 1.807) is 42.8 Å². The smallest absolute Gasteiger partial charge is 0.349 e. The summed E-state index contributed by atoms with van der Waals surface area (Å²) in [6, 6.07) is 8.50. The highest BCUT2D eigenvalue weighted by atomic mass is 32.2. The first-order valence-corrected chi connectivity index (χ1v) is 11.5. The number of amides is 1. The van der Waals surface area contributed by atoms with E-state index in [1.807, 2.05) is 6.92 Å². The third-order valence-electron chi connectivity index (χ3n) is 5.61. The van der Waals surface area contributed by atoms with Crippen molar-refractivity contribution in [3.05, 3.63) is 57.7 Å². The molecule has 1 aromatic carbocycles. The molecule has 4 rings (SSSR count). The second-order valence-electron chi connectivity index (χ2n) is 7.50. The number of aromatic nitrogens is 2. The van der Waals surface area contributed by atoms with Crippen molar-refractivity contribution >= 4 is 26.9 Å². The van der Waals surface area contributed by atoms with Gasteiger partial charge in [0.2, 0.25) is 10.0 Å². The minimum atomic E-state index is -3.73. The first-order chi connectivity index (χ1) is 14.7. The lowest BCUT2D eigenvalue weighted by Gasteiger charge is -2.33. The fraction of sp³-hybridized carbons (Fsp3) is 0.381. The van der Waals surface area contributed by atoms with E-state index in [4.69, 9.17) is 4.42 Å². The van der Waals surface area contributed by atoms with Gasteiger partial charge < -0.3 is 9.32 Å². The number of carbonyl (C=O) groups excluding carboxylic acids is 1. The van der Waals surface area contributed by atoms with E-state index < -0.39 is 21.6 Å². The number of piperazine rings is 1. The molecule has 0 spiro atoms. The molecule has 1 fully saturated rings. The van der Waals surface area contributed by atoms with E-state index in [9.17, 15) is 18.0 Å². The average molecular weight is 445 g/mol. The summed E-state index contributed by atoms with van der Waals surface area (Å²) in [6.07, 6.45) is 0.